The van der Waals surface area contributed by atoms with Crippen molar-refractivity contribution in [2.24, 2.45) is 0 Å². The first kappa shape index (κ1) is 12.8. The Balaban J connectivity index is 2.09. The number of phenols is 1. The van der Waals surface area contributed by atoms with Crippen LogP contribution >= 0.6 is 11.6 Å². The zero-order chi connectivity index (χ0) is 13.9. The zero-order valence-corrected chi connectivity index (χ0v) is 11.5. The highest BCUT2D eigenvalue weighted by Gasteiger charge is 2.04. The molecule has 2 heteroatoms. The summed E-state index contributed by atoms with van der Waals surface area (Å²) >= 11 is 5.91. The van der Waals surface area contributed by atoms with Crippen LogP contribution in [0.3, 0.4) is 0 Å². The molecule has 0 amide bonds. The van der Waals surface area contributed by atoms with Crippen molar-refractivity contribution in [3.05, 3.63) is 77.8 Å². The lowest BCUT2D eigenvalue weighted by molar-refractivity contribution is 0.476. The second-order valence-corrected chi connectivity index (χ2v) is 5.08. The second kappa shape index (κ2) is 5.40. The van der Waals surface area contributed by atoms with Crippen LogP contribution in [0.2, 0.25) is 5.02 Å². The highest BCUT2D eigenvalue weighted by atomic mass is 35.5. The first-order chi connectivity index (χ1) is 9.72. The smallest absolute Gasteiger partial charge is 0.116 e. The Kier molecular flexibility index (Phi) is 3.44. The molecule has 0 heterocycles. The minimum absolute atomic E-state index is 0.260. The molecule has 0 atom stereocenters. The number of hydrogen-bond acceptors (Lipinski definition) is 1. The molecule has 0 bridgehead atoms. The molecular formula is C18H13ClO. The average molecular weight is 281 g/mol. The summed E-state index contributed by atoms with van der Waals surface area (Å²) in [5.74, 6) is 0.260. The van der Waals surface area contributed by atoms with Crippen molar-refractivity contribution in [2.75, 3.05) is 0 Å². The third-order valence-electron chi connectivity index (χ3n) is 3.20. The molecule has 0 aromatic heterocycles. The predicted octanol–water partition coefficient (Wildman–Crippen LogP) is 5.38. The van der Waals surface area contributed by atoms with E-state index in [1.165, 1.54) is 0 Å². The van der Waals surface area contributed by atoms with Gasteiger partial charge in [-0.15, -0.1) is 0 Å². The SMILES string of the molecule is Oc1cc(-c2ccccc2)cc(-c2ccc(Cl)cc2)c1. The topological polar surface area (TPSA) is 20.2 Å². The first-order valence-electron chi connectivity index (χ1n) is 6.38. The summed E-state index contributed by atoms with van der Waals surface area (Å²) in [6.45, 7) is 0. The van der Waals surface area contributed by atoms with E-state index in [0.717, 1.165) is 22.3 Å². The van der Waals surface area contributed by atoms with Gasteiger partial charge in [0.15, 0.2) is 0 Å². The fourth-order valence-corrected chi connectivity index (χ4v) is 2.34. The number of rotatable bonds is 2. The van der Waals surface area contributed by atoms with Gasteiger partial charge >= 0.3 is 0 Å². The molecule has 0 aliphatic carbocycles. The summed E-state index contributed by atoms with van der Waals surface area (Å²) in [6, 6.07) is 23.2. The fraction of sp³-hybridized carbons (Fsp3) is 0. The lowest BCUT2D eigenvalue weighted by atomic mass is 9.98. The molecule has 0 radical (unpaired) electrons. The molecule has 0 unspecified atom stereocenters. The average Bonchev–Trinajstić information content (AvgIpc) is 2.48. The molecule has 20 heavy (non-hydrogen) atoms. The summed E-state index contributed by atoms with van der Waals surface area (Å²) in [7, 11) is 0. The van der Waals surface area contributed by atoms with Crippen molar-refractivity contribution in [1.82, 2.24) is 0 Å². The predicted molar refractivity (Wildman–Crippen MR) is 84.0 cm³/mol. The molecule has 0 spiro atoms. The second-order valence-electron chi connectivity index (χ2n) is 4.64. The van der Waals surface area contributed by atoms with Gasteiger partial charge in [0.25, 0.3) is 0 Å². The Bertz CT molecular complexity index is 718. The third kappa shape index (κ3) is 2.68. The van der Waals surface area contributed by atoms with Gasteiger partial charge < -0.3 is 5.11 Å². The molecule has 98 valence electrons. The van der Waals surface area contributed by atoms with Crippen LogP contribution in [0.15, 0.2) is 72.8 Å². The summed E-state index contributed by atoms with van der Waals surface area (Å²) in [4.78, 5) is 0. The van der Waals surface area contributed by atoms with Crippen LogP contribution in [0.5, 0.6) is 5.75 Å². The molecule has 3 aromatic carbocycles. The van der Waals surface area contributed by atoms with Crippen molar-refractivity contribution >= 4 is 11.6 Å². The van der Waals surface area contributed by atoms with E-state index < -0.39 is 0 Å². The van der Waals surface area contributed by atoms with Gasteiger partial charge in [-0.3, -0.25) is 0 Å². The fourth-order valence-electron chi connectivity index (χ4n) is 2.22. The van der Waals surface area contributed by atoms with Crippen molar-refractivity contribution in [3.63, 3.8) is 0 Å². The number of aromatic hydroxyl groups is 1. The van der Waals surface area contributed by atoms with Crippen molar-refractivity contribution in [2.45, 2.75) is 0 Å². The van der Waals surface area contributed by atoms with Gasteiger partial charge in [0.05, 0.1) is 0 Å². The van der Waals surface area contributed by atoms with E-state index >= 15 is 0 Å². The summed E-state index contributed by atoms with van der Waals surface area (Å²) in [5, 5.41) is 10.7. The van der Waals surface area contributed by atoms with E-state index in [0.29, 0.717) is 5.02 Å². The van der Waals surface area contributed by atoms with Gasteiger partial charge in [0.2, 0.25) is 0 Å². The Morgan fingerprint density at radius 3 is 1.75 bits per heavy atom. The van der Waals surface area contributed by atoms with Gasteiger partial charge in [-0.2, -0.15) is 0 Å². The standard InChI is InChI=1S/C18H13ClO/c19-17-8-6-14(7-9-17)16-10-15(11-18(20)12-16)13-4-2-1-3-5-13/h1-12,20H. The van der Waals surface area contributed by atoms with Crippen LogP contribution in [-0.2, 0) is 0 Å². The van der Waals surface area contributed by atoms with Gasteiger partial charge in [0.1, 0.15) is 5.75 Å². The van der Waals surface area contributed by atoms with E-state index in [-0.39, 0.29) is 5.75 Å². The quantitative estimate of drug-likeness (QED) is 0.668. The molecule has 3 aromatic rings. The van der Waals surface area contributed by atoms with E-state index in [1.807, 2.05) is 54.6 Å². The first-order valence-corrected chi connectivity index (χ1v) is 6.75. The maximum Gasteiger partial charge on any atom is 0.116 e. The van der Waals surface area contributed by atoms with E-state index in [2.05, 4.69) is 6.07 Å². The molecule has 0 aliphatic rings. The maximum absolute atomic E-state index is 9.95. The maximum atomic E-state index is 9.95. The summed E-state index contributed by atoms with van der Waals surface area (Å²) in [5.41, 5.74) is 4.08. The van der Waals surface area contributed by atoms with Gasteiger partial charge in [-0.1, -0.05) is 54.1 Å². The van der Waals surface area contributed by atoms with Crippen LogP contribution in [0.25, 0.3) is 22.3 Å². The van der Waals surface area contributed by atoms with Gasteiger partial charge in [-0.05, 0) is 52.6 Å². The van der Waals surface area contributed by atoms with E-state index in [9.17, 15) is 5.11 Å². The lowest BCUT2D eigenvalue weighted by Crippen LogP contribution is -1.82. The molecule has 3 rings (SSSR count). The van der Waals surface area contributed by atoms with Crippen LogP contribution in [0.1, 0.15) is 0 Å². The highest BCUT2D eigenvalue weighted by molar-refractivity contribution is 6.30. The van der Waals surface area contributed by atoms with E-state index in [4.69, 9.17) is 11.6 Å². The van der Waals surface area contributed by atoms with Crippen molar-refractivity contribution < 1.29 is 5.11 Å². The molecule has 0 aliphatic heterocycles. The molecule has 0 saturated heterocycles. The highest BCUT2D eigenvalue weighted by Crippen LogP contribution is 2.31. The zero-order valence-electron chi connectivity index (χ0n) is 10.8. The minimum Gasteiger partial charge on any atom is -0.508 e. The van der Waals surface area contributed by atoms with E-state index in [1.54, 1.807) is 12.1 Å². The number of hydrogen-bond donors (Lipinski definition) is 1. The van der Waals surface area contributed by atoms with Crippen molar-refractivity contribution in [1.29, 1.82) is 0 Å². The molecular weight excluding hydrogens is 268 g/mol. The molecule has 0 fully saturated rings. The summed E-state index contributed by atoms with van der Waals surface area (Å²) < 4.78 is 0. The largest absolute Gasteiger partial charge is 0.508 e. The lowest BCUT2D eigenvalue weighted by Gasteiger charge is -2.08. The number of phenolic OH excluding ortho intramolecular Hbond substituents is 1. The number of benzene rings is 3. The Morgan fingerprint density at radius 2 is 1.15 bits per heavy atom. The number of halogens is 1. The van der Waals surface area contributed by atoms with Crippen molar-refractivity contribution in [3.8, 4) is 28.0 Å². The van der Waals surface area contributed by atoms with Crippen LogP contribution < -0.4 is 0 Å². The Morgan fingerprint density at radius 1 is 0.600 bits per heavy atom. The van der Waals surface area contributed by atoms with Crippen LogP contribution in [0, 0.1) is 0 Å². The van der Waals surface area contributed by atoms with Crippen LogP contribution in [0.4, 0.5) is 0 Å². The third-order valence-corrected chi connectivity index (χ3v) is 3.45. The Hall–Kier alpha value is -2.25. The molecule has 0 saturated carbocycles. The Labute approximate surface area is 123 Å². The monoisotopic (exact) mass is 280 g/mol. The summed E-state index contributed by atoms with van der Waals surface area (Å²) in [6.07, 6.45) is 0. The molecule has 1 N–H and O–H groups in total. The molecule has 1 nitrogen and oxygen atoms in total. The normalized spacial score (nSPS) is 10.4. The van der Waals surface area contributed by atoms with Gasteiger partial charge in [-0.25, -0.2) is 0 Å². The van der Waals surface area contributed by atoms with Gasteiger partial charge in [0, 0.05) is 5.02 Å². The van der Waals surface area contributed by atoms with Crippen LogP contribution in [-0.4, -0.2) is 5.11 Å². The minimum atomic E-state index is 0.260.